The molecule has 1 rings (SSSR count). The Balaban J connectivity index is 2.87. The number of benzene rings is 1. The van der Waals surface area contributed by atoms with Crippen LogP contribution in [0.4, 0.5) is 5.69 Å². The lowest BCUT2D eigenvalue weighted by molar-refractivity contribution is -0.146. The first-order chi connectivity index (χ1) is 9.49. The summed E-state index contributed by atoms with van der Waals surface area (Å²) in [5, 5.41) is 3.05. The number of methoxy groups -OCH3 is 1. The summed E-state index contributed by atoms with van der Waals surface area (Å²) < 4.78 is 10.1. The molecule has 0 unspecified atom stereocenters. The highest BCUT2D eigenvalue weighted by molar-refractivity contribution is 5.89. The van der Waals surface area contributed by atoms with Crippen molar-refractivity contribution in [2.24, 2.45) is 5.92 Å². The van der Waals surface area contributed by atoms with Crippen molar-refractivity contribution in [2.45, 2.75) is 26.8 Å². The smallest absolute Gasteiger partial charge is 0.329 e. The van der Waals surface area contributed by atoms with Gasteiger partial charge in [-0.15, -0.1) is 0 Å². The van der Waals surface area contributed by atoms with Crippen molar-refractivity contribution in [1.82, 2.24) is 0 Å². The van der Waals surface area contributed by atoms with Gasteiger partial charge in [0.1, 0.15) is 17.6 Å². The maximum absolute atomic E-state index is 12.0. The molecule has 0 fully saturated rings. The van der Waals surface area contributed by atoms with Gasteiger partial charge in [-0.25, -0.2) is 4.79 Å². The molecule has 0 saturated carbocycles. The van der Waals surface area contributed by atoms with Gasteiger partial charge >= 0.3 is 5.97 Å². The Morgan fingerprint density at radius 2 is 1.85 bits per heavy atom. The quantitative estimate of drug-likeness (QED) is 0.776. The van der Waals surface area contributed by atoms with Crippen molar-refractivity contribution >= 4 is 17.4 Å². The number of hydrogen-bond donors (Lipinski definition) is 1. The summed E-state index contributed by atoms with van der Waals surface area (Å²) in [5.74, 6) is -0.228. The third-order valence-corrected chi connectivity index (χ3v) is 3.09. The van der Waals surface area contributed by atoms with Gasteiger partial charge in [0, 0.05) is 11.6 Å². The summed E-state index contributed by atoms with van der Waals surface area (Å²) >= 11 is 0. The highest BCUT2D eigenvalue weighted by atomic mass is 16.5. The minimum absolute atomic E-state index is 0.0657. The fraction of sp³-hybridized carbons (Fsp3) is 0.467. The van der Waals surface area contributed by atoms with Gasteiger partial charge in [0.25, 0.3) is 0 Å². The van der Waals surface area contributed by atoms with Gasteiger partial charge in [-0.2, -0.15) is 0 Å². The summed E-state index contributed by atoms with van der Waals surface area (Å²) in [6.07, 6.45) is 0. The van der Waals surface area contributed by atoms with E-state index in [4.69, 9.17) is 9.47 Å². The van der Waals surface area contributed by atoms with E-state index in [0.29, 0.717) is 0 Å². The van der Waals surface area contributed by atoms with Crippen LogP contribution in [0.25, 0.3) is 0 Å². The molecule has 0 saturated heterocycles. The summed E-state index contributed by atoms with van der Waals surface area (Å²) in [6.45, 7) is 5.19. The van der Waals surface area contributed by atoms with Gasteiger partial charge in [0.05, 0.1) is 13.7 Å². The molecule has 20 heavy (non-hydrogen) atoms. The predicted molar refractivity (Wildman–Crippen MR) is 76.9 cm³/mol. The molecule has 5 heteroatoms. The number of ketones is 1. The van der Waals surface area contributed by atoms with Crippen LogP contribution in [0.15, 0.2) is 24.3 Å². The van der Waals surface area contributed by atoms with Crippen LogP contribution < -0.4 is 10.1 Å². The zero-order chi connectivity index (χ0) is 15.1. The highest BCUT2D eigenvalue weighted by Crippen LogP contribution is 2.19. The molecular weight excluding hydrogens is 258 g/mol. The van der Waals surface area contributed by atoms with Crippen LogP contribution >= 0.6 is 0 Å². The third-order valence-electron chi connectivity index (χ3n) is 3.09. The van der Waals surface area contributed by atoms with Crippen LogP contribution in [0.2, 0.25) is 0 Å². The molecule has 0 aliphatic carbocycles. The molecule has 110 valence electrons. The van der Waals surface area contributed by atoms with Crippen molar-refractivity contribution in [3.05, 3.63) is 24.3 Å². The molecule has 0 heterocycles. The number of carbonyl (C=O) groups is 2. The van der Waals surface area contributed by atoms with E-state index in [0.717, 1.165) is 11.4 Å². The van der Waals surface area contributed by atoms with Crippen molar-refractivity contribution < 1.29 is 19.1 Å². The van der Waals surface area contributed by atoms with E-state index < -0.39 is 17.9 Å². The molecule has 0 bridgehead atoms. The minimum atomic E-state index is -0.694. The van der Waals surface area contributed by atoms with Crippen LogP contribution in [-0.2, 0) is 14.3 Å². The second-order valence-corrected chi connectivity index (χ2v) is 4.50. The van der Waals surface area contributed by atoms with Crippen LogP contribution in [-0.4, -0.2) is 31.5 Å². The zero-order valence-corrected chi connectivity index (χ0v) is 12.3. The van der Waals surface area contributed by atoms with Gasteiger partial charge in [-0.1, -0.05) is 6.92 Å². The lowest BCUT2D eigenvalue weighted by Gasteiger charge is -2.22. The Kier molecular flexibility index (Phi) is 6.03. The van der Waals surface area contributed by atoms with Gasteiger partial charge < -0.3 is 14.8 Å². The number of carbonyl (C=O) groups excluding carboxylic acids is 2. The van der Waals surface area contributed by atoms with Gasteiger partial charge in [-0.3, -0.25) is 4.79 Å². The Bertz CT molecular complexity index is 455. The van der Waals surface area contributed by atoms with Crippen LogP contribution in [0.1, 0.15) is 20.8 Å². The van der Waals surface area contributed by atoms with Crippen LogP contribution in [0.5, 0.6) is 5.75 Å². The van der Waals surface area contributed by atoms with E-state index in [1.54, 1.807) is 45.2 Å². The topological polar surface area (TPSA) is 64.6 Å². The van der Waals surface area contributed by atoms with Gasteiger partial charge in [-0.05, 0) is 38.1 Å². The molecule has 1 aromatic rings. The molecule has 0 aliphatic heterocycles. The standard InChI is InChI=1S/C15H21NO4/c1-5-20-15(18)14(10(2)11(3)17)16-12-6-8-13(19-4)9-7-12/h6-10,14,16H,5H2,1-4H3/t10-,14-/m0/s1. The number of esters is 1. The number of nitrogens with one attached hydrogen (secondary N) is 1. The average Bonchev–Trinajstić information content (AvgIpc) is 2.44. The maximum atomic E-state index is 12.0. The molecule has 0 aliphatic rings. The molecule has 0 spiro atoms. The van der Waals surface area contributed by atoms with Gasteiger partial charge in [0.2, 0.25) is 0 Å². The Morgan fingerprint density at radius 1 is 1.25 bits per heavy atom. The first-order valence-electron chi connectivity index (χ1n) is 6.57. The minimum Gasteiger partial charge on any atom is -0.497 e. The monoisotopic (exact) mass is 279 g/mol. The summed E-state index contributed by atoms with van der Waals surface area (Å²) in [5.41, 5.74) is 0.733. The SMILES string of the molecule is CCOC(=O)[C@@H](Nc1ccc(OC)cc1)[C@@H](C)C(C)=O. The summed E-state index contributed by atoms with van der Waals surface area (Å²) in [7, 11) is 1.58. The van der Waals surface area contributed by atoms with Crippen LogP contribution in [0, 0.1) is 5.92 Å². The average molecular weight is 279 g/mol. The molecule has 1 N–H and O–H groups in total. The third kappa shape index (κ3) is 4.26. The normalized spacial score (nSPS) is 13.2. The van der Waals surface area contributed by atoms with E-state index in [1.807, 2.05) is 0 Å². The molecule has 2 atom stereocenters. The second-order valence-electron chi connectivity index (χ2n) is 4.50. The molecular formula is C15H21NO4. The molecule has 1 aromatic carbocycles. The Hall–Kier alpha value is -2.04. The molecule has 0 aromatic heterocycles. The lowest BCUT2D eigenvalue weighted by Crippen LogP contribution is -2.40. The van der Waals surface area contributed by atoms with Crippen molar-refractivity contribution in [1.29, 1.82) is 0 Å². The van der Waals surface area contributed by atoms with Crippen LogP contribution in [0.3, 0.4) is 0 Å². The summed E-state index contributed by atoms with van der Waals surface area (Å²) in [6, 6.07) is 6.45. The van der Waals surface area contributed by atoms with Gasteiger partial charge in [0.15, 0.2) is 0 Å². The Morgan fingerprint density at radius 3 is 2.30 bits per heavy atom. The number of ether oxygens (including phenoxy) is 2. The molecule has 5 nitrogen and oxygen atoms in total. The van der Waals surface area contributed by atoms with E-state index in [-0.39, 0.29) is 12.4 Å². The molecule has 0 amide bonds. The number of anilines is 1. The van der Waals surface area contributed by atoms with Crippen molar-refractivity contribution in [3.8, 4) is 5.75 Å². The maximum Gasteiger partial charge on any atom is 0.329 e. The first-order valence-corrected chi connectivity index (χ1v) is 6.57. The second kappa shape index (κ2) is 7.53. The number of Topliss-reactive ketones (excluding diaryl/α,β-unsaturated/α-hetero) is 1. The fourth-order valence-electron chi connectivity index (χ4n) is 1.72. The largest absolute Gasteiger partial charge is 0.497 e. The lowest BCUT2D eigenvalue weighted by atomic mass is 9.97. The number of hydrogen-bond acceptors (Lipinski definition) is 5. The zero-order valence-electron chi connectivity index (χ0n) is 12.3. The summed E-state index contributed by atoms with van der Waals surface area (Å²) in [4.78, 5) is 23.5. The Labute approximate surface area is 119 Å². The van der Waals surface area contributed by atoms with E-state index in [1.165, 1.54) is 6.92 Å². The number of rotatable bonds is 7. The van der Waals surface area contributed by atoms with E-state index >= 15 is 0 Å². The van der Waals surface area contributed by atoms with Crippen molar-refractivity contribution in [3.63, 3.8) is 0 Å². The first kappa shape index (κ1) is 16.0. The highest BCUT2D eigenvalue weighted by Gasteiger charge is 2.29. The van der Waals surface area contributed by atoms with E-state index in [2.05, 4.69) is 5.32 Å². The molecule has 0 radical (unpaired) electrons. The van der Waals surface area contributed by atoms with Crippen molar-refractivity contribution in [2.75, 3.05) is 19.0 Å². The van der Waals surface area contributed by atoms with E-state index in [9.17, 15) is 9.59 Å². The fourth-order valence-corrected chi connectivity index (χ4v) is 1.72. The predicted octanol–water partition coefficient (Wildman–Crippen LogP) is 2.26.